The summed E-state index contributed by atoms with van der Waals surface area (Å²) in [5.41, 5.74) is 3.13. The van der Waals surface area contributed by atoms with E-state index < -0.39 is 0 Å². The fraction of sp³-hybridized carbons (Fsp3) is 0.150. The average Bonchev–Trinajstić information content (AvgIpc) is 3.07. The minimum atomic E-state index is 0.688. The zero-order valence-corrected chi connectivity index (χ0v) is 14.1. The highest BCUT2D eigenvalue weighted by Crippen LogP contribution is 2.24. The zero-order valence-electron chi connectivity index (χ0n) is 14.1. The summed E-state index contributed by atoms with van der Waals surface area (Å²) in [6.07, 6.45) is 6.54. The second kappa shape index (κ2) is 6.73. The predicted molar refractivity (Wildman–Crippen MR) is 100 cm³/mol. The largest absolute Gasteiger partial charge is 0.369 e. The van der Waals surface area contributed by atoms with E-state index >= 15 is 0 Å². The van der Waals surface area contributed by atoms with Crippen LogP contribution in [0.5, 0.6) is 0 Å². The molecule has 4 aromatic rings. The third kappa shape index (κ3) is 3.21. The van der Waals surface area contributed by atoms with Crippen LogP contribution in [-0.4, -0.2) is 26.1 Å². The normalized spacial score (nSPS) is 10.9. The van der Waals surface area contributed by atoms with Crippen LogP contribution in [0.1, 0.15) is 5.69 Å². The highest BCUT2D eigenvalue weighted by Gasteiger charge is 2.09. The Balaban J connectivity index is 1.65. The Hall–Kier alpha value is -3.21. The number of pyridine rings is 1. The summed E-state index contributed by atoms with van der Waals surface area (Å²) in [4.78, 5) is 13.6. The molecular weight excluding hydrogens is 310 g/mol. The van der Waals surface area contributed by atoms with Crippen molar-refractivity contribution in [1.82, 2.24) is 19.5 Å². The first-order valence-corrected chi connectivity index (χ1v) is 8.32. The number of benzene rings is 1. The lowest BCUT2D eigenvalue weighted by atomic mass is 10.2. The topological polar surface area (TPSA) is 55.6 Å². The van der Waals surface area contributed by atoms with Crippen LogP contribution in [0.4, 0.5) is 5.82 Å². The Bertz CT molecular complexity index is 991. The predicted octanol–water partition coefficient (Wildman–Crippen LogP) is 3.68. The van der Waals surface area contributed by atoms with Crippen LogP contribution >= 0.6 is 0 Å². The van der Waals surface area contributed by atoms with Crippen LogP contribution in [0.3, 0.4) is 0 Å². The molecule has 0 saturated heterocycles. The van der Waals surface area contributed by atoms with E-state index in [1.807, 2.05) is 36.4 Å². The van der Waals surface area contributed by atoms with Gasteiger partial charge in [0.15, 0.2) is 5.82 Å². The lowest BCUT2D eigenvalue weighted by Gasteiger charge is -2.11. The molecule has 0 aliphatic carbocycles. The average molecular weight is 329 g/mol. The van der Waals surface area contributed by atoms with Gasteiger partial charge in [0, 0.05) is 55.2 Å². The van der Waals surface area contributed by atoms with E-state index in [2.05, 4.69) is 45.2 Å². The van der Waals surface area contributed by atoms with E-state index in [9.17, 15) is 0 Å². The number of hydrogen-bond acceptors (Lipinski definition) is 4. The zero-order chi connectivity index (χ0) is 17.1. The Morgan fingerprint density at radius 3 is 2.72 bits per heavy atom. The Labute approximate surface area is 146 Å². The molecule has 0 aliphatic rings. The van der Waals surface area contributed by atoms with Gasteiger partial charge in [0.1, 0.15) is 5.82 Å². The molecule has 5 nitrogen and oxygen atoms in total. The third-order valence-corrected chi connectivity index (χ3v) is 4.25. The number of rotatable bonds is 5. The molecule has 25 heavy (non-hydrogen) atoms. The molecule has 0 amide bonds. The van der Waals surface area contributed by atoms with E-state index in [1.54, 1.807) is 12.4 Å². The summed E-state index contributed by atoms with van der Waals surface area (Å²) < 4.78 is 2.14. The van der Waals surface area contributed by atoms with Crippen LogP contribution in [-0.2, 0) is 13.5 Å². The van der Waals surface area contributed by atoms with Crippen molar-refractivity contribution in [1.29, 1.82) is 0 Å². The second-order valence-electron chi connectivity index (χ2n) is 5.94. The number of anilines is 1. The van der Waals surface area contributed by atoms with Gasteiger partial charge in [-0.15, -0.1) is 0 Å². The lowest BCUT2D eigenvalue weighted by molar-refractivity contribution is 0.818. The summed E-state index contributed by atoms with van der Waals surface area (Å²) >= 11 is 0. The first-order chi connectivity index (χ1) is 12.3. The molecule has 0 spiro atoms. The van der Waals surface area contributed by atoms with Crippen molar-refractivity contribution in [2.24, 2.45) is 7.05 Å². The minimum absolute atomic E-state index is 0.688. The number of aryl methyl sites for hydroxylation is 1. The van der Waals surface area contributed by atoms with E-state index in [1.165, 1.54) is 5.69 Å². The van der Waals surface area contributed by atoms with Crippen molar-refractivity contribution in [3.63, 3.8) is 0 Å². The van der Waals surface area contributed by atoms with Gasteiger partial charge in [-0.3, -0.25) is 4.98 Å². The summed E-state index contributed by atoms with van der Waals surface area (Å²) in [5, 5.41) is 4.51. The molecular formula is C20H19N5. The molecule has 3 aromatic heterocycles. The number of para-hydroxylation sites is 1. The van der Waals surface area contributed by atoms with Crippen molar-refractivity contribution in [2.45, 2.75) is 6.42 Å². The molecule has 1 aromatic carbocycles. The summed E-state index contributed by atoms with van der Waals surface area (Å²) in [6.45, 7) is 0.811. The van der Waals surface area contributed by atoms with Crippen molar-refractivity contribution in [3.05, 3.63) is 72.8 Å². The van der Waals surface area contributed by atoms with Crippen molar-refractivity contribution in [3.8, 4) is 11.4 Å². The van der Waals surface area contributed by atoms with Gasteiger partial charge in [-0.05, 0) is 36.4 Å². The molecule has 0 aliphatic heterocycles. The molecule has 0 fully saturated rings. The third-order valence-electron chi connectivity index (χ3n) is 4.25. The molecule has 0 bridgehead atoms. The molecule has 4 rings (SSSR count). The second-order valence-corrected chi connectivity index (χ2v) is 5.94. The smallest absolute Gasteiger partial charge is 0.163 e. The monoisotopic (exact) mass is 329 g/mol. The van der Waals surface area contributed by atoms with Gasteiger partial charge in [0.25, 0.3) is 0 Å². The number of fused-ring (bicyclic) bond motifs is 1. The van der Waals surface area contributed by atoms with Crippen molar-refractivity contribution < 1.29 is 0 Å². The quantitative estimate of drug-likeness (QED) is 0.607. The van der Waals surface area contributed by atoms with Crippen molar-refractivity contribution in [2.75, 3.05) is 11.9 Å². The highest BCUT2D eigenvalue weighted by molar-refractivity contribution is 5.90. The molecule has 0 unspecified atom stereocenters. The molecule has 5 heteroatoms. The van der Waals surface area contributed by atoms with Crippen LogP contribution < -0.4 is 5.32 Å². The molecule has 0 radical (unpaired) electrons. The minimum Gasteiger partial charge on any atom is -0.369 e. The van der Waals surface area contributed by atoms with E-state index in [0.717, 1.165) is 35.2 Å². The van der Waals surface area contributed by atoms with Crippen molar-refractivity contribution >= 4 is 16.7 Å². The molecule has 1 N–H and O–H groups in total. The summed E-state index contributed by atoms with van der Waals surface area (Å²) in [7, 11) is 2.07. The van der Waals surface area contributed by atoms with Crippen LogP contribution in [0, 0.1) is 0 Å². The van der Waals surface area contributed by atoms with E-state index in [-0.39, 0.29) is 0 Å². The number of aromatic nitrogens is 4. The van der Waals surface area contributed by atoms with Crippen LogP contribution in [0.25, 0.3) is 22.3 Å². The van der Waals surface area contributed by atoms with Gasteiger partial charge in [0.2, 0.25) is 0 Å². The SMILES string of the molecule is Cn1cccc1CCNc1nc(-c2cccnc2)nc2ccccc12. The summed E-state index contributed by atoms with van der Waals surface area (Å²) in [5.74, 6) is 1.55. The van der Waals surface area contributed by atoms with Gasteiger partial charge in [0.05, 0.1) is 5.52 Å². The fourth-order valence-electron chi connectivity index (χ4n) is 2.90. The summed E-state index contributed by atoms with van der Waals surface area (Å²) in [6, 6.07) is 16.2. The van der Waals surface area contributed by atoms with Gasteiger partial charge in [-0.25, -0.2) is 9.97 Å². The van der Waals surface area contributed by atoms with E-state index in [4.69, 9.17) is 4.98 Å². The Morgan fingerprint density at radius 2 is 1.92 bits per heavy atom. The maximum absolute atomic E-state index is 4.74. The van der Waals surface area contributed by atoms with Gasteiger partial charge >= 0.3 is 0 Å². The van der Waals surface area contributed by atoms with E-state index in [0.29, 0.717) is 5.82 Å². The maximum Gasteiger partial charge on any atom is 0.163 e. The van der Waals surface area contributed by atoms with Crippen LogP contribution in [0.2, 0.25) is 0 Å². The molecule has 124 valence electrons. The van der Waals surface area contributed by atoms with Gasteiger partial charge in [-0.1, -0.05) is 12.1 Å². The first-order valence-electron chi connectivity index (χ1n) is 8.32. The number of nitrogens with zero attached hydrogens (tertiary/aromatic N) is 4. The maximum atomic E-state index is 4.74. The number of nitrogens with one attached hydrogen (secondary N) is 1. The first kappa shape index (κ1) is 15.3. The molecule has 3 heterocycles. The van der Waals surface area contributed by atoms with Gasteiger partial charge < -0.3 is 9.88 Å². The standard InChI is InChI=1S/C20H19N5/c1-25-13-5-7-16(25)10-12-22-20-17-8-2-3-9-18(17)23-19(24-20)15-6-4-11-21-14-15/h2-9,11,13-14H,10,12H2,1H3,(H,22,23,24). The molecule has 0 saturated carbocycles. The highest BCUT2D eigenvalue weighted by atomic mass is 15.0. The fourth-order valence-corrected chi connectivity index (χ4v) is 2.90. The Morgan fingerprint density at radius 1 is 1.00 bits per heavy atom. The van der Waals surface area contributed by atoms with Gasteiger partial charge in [-0.2, -0.15) is 0 Å². The Kier molecular flexibility index (Phi) is 4.12. The lowest BCUT2D eigenvalue weighted by Crippen LogP contribution is -2.10. The molecule has 0 atom stereocenters. The number of hydrogen-bond donors (Lipinski definition) is 1. The van der Waals surface area contributed by atoms with Crippen LogP contribution in [0.15, 0.2) is 67.1 Å².